The minimum absolute atomic E-state index is 0.138. The Balaban J connectivity index is 1.84. The van der Waals surface area contributed by atoms with Crippen LogP contribution in [0.15, 0.2) is 5.38 Å². The van der Waals surface area contributed by atoms with Gasteiger partial charge < -0.3 is 10.4 Å². The predicted octanol–water partition coefficient (Wildman–Crippen LogP) is 3.47. The molecule has 19 heavy (non-hydrogen) atoms. The van der Waals surface area contributed by atoms with Gasteiger partial charge in [0.1, 0.15) is 0 Å². The Morgan fingerprint density at radius 2 is 2.26 bits per heavy atom. The molecule has 2 saturated carbocycles. The van der Waals surface area contributed by atoms with Gasteiger partial charge in [0.15, 0.2) is 10.8 Å². The van der Waals surface area contributed by atoms with E-state index in [9.17, 15) is 4.79 Å². The summed E-state index contributed by atoms with van der Waals surface area (Å²) in [7, 11) is 0. The molecule has 4 nitrogen and oxygen atoms in total. The van der Waals surface area contributed by atoms with Crippen LogP contribution < -0.4 is 5.32 Å². The minimum atomic E-state index is -0.956. The Morgan fingerprint density at radius 1 is 1.53 bits per heavy atom. The largest absolute Gasteiger partial charge is 0.476 e. The molecule has 0 spiro atoms. The maximum atomic E-state index is 10.9. The number of carbonyl (C=O) groups is 1. The van der Waals surface area contributed by atoms with Gasteiger partial charge >= 0.3 is 5.97 Å². The maximum Gasteiger partial charge on any atom is 0.355 e. The standard InChI is InChI=1S/C14H20N2O2S/c1-13(2)8-4-5-14(3,6-8)11(13)16-12-15-9(7-19-12)10(17)18/h7-8,11H,4-6H2,1-3H3,(H,15,16)(H,17,18). The van der Waals surface area contributed by atoms with Crippen molar-refractivity contribution in [3.63, 3.8) is 0 Å². The van der Waals surface area contributed by atoms with Crippen LogP contribution in [0.2, 0.25) is 0 Å². The lowest BCUT2D eigenvalue weighted by Gasteiger charge is -2.43. The predicted molar refractivity (Wildman–Crippen MR) is 75.7 cm³/mol. The number of hydrogen-bond acceptors (Lipinski definition) is 4. The van der Waals surface area contributed by atoms with Crippen LogP contribution in [0.1, 0.15) is 50.5 Å². The zero-order valence-corrected chi connectivity index (χ0v) is 12.4. The lowest BCUT2D eigenvalue weighted by atomic mass is 9.68. The lowest BCUT2D eigenvalue weighted by Crippen LogP contribution is -2.45. The van der Waals surface area contributed by atoms with Gasteiger partial charge in [-0.3, -0.25) is 0 Å². The smallest absolute Gasteiger partial charge is 0.355 e. The van der Waals surface area contributed by atoms with Gasteiger partial charge in [0.05, 0.1) is 0 Å². The lowest BCUT2D eigenvalue weighted by molar-refractivity contribution is 0.0691. The van der Waals surface area contributed by atoms with Gasteiger partial charge in [0.2, 0.25) is 0 Å². The Bertz CT molecular complexity index is 521. The number of aromatic carboxylic acids is 1. The zero-order valence-electron chi connectivity index (χ0n) is 11.6. The summed E-state index contributed by atoms with van der Waals surface area (Å²) in [6, 6.07) is 0.381. The summed E-state index contributed by atoms with van der Waals surface area (Å²) in [5, 5.41) is 14.8. The average molecular weight is 280 g/mol. The number of nitrogens with zero attached hydrogens (tertiary/aromatic N) is 1. The fraction of sp³-hybridized carbons (Fsp3) is 0.714. The molecular formula is C14H20N2O2S. The first-order chi connectivity index (χ1) is 8.83. The van der Waals surface area contributed by atoms with Gasteiger partial charge in [-0.15, -0.1) is 11.3 Å². The van der Waals surface area contributed by atoms with E-state index in [0.717, 1.165) is 11.0 Å². The van der Waals surface area contributed by atoms with E-state index < -0.39 is 5.97 Å². The summed E-state index contributed by atoms with van der Waals surface area (Å²) in [5.74, 6) is -0.184. The van der Waals surface area contributed by atoms with Crippen molar-refractivity contribution in [3.8, 4) is 0 Å². The number of thiazole rings is 1. The van der Waals surface area contributed by atoms with E-state index in [1.807, 2.05) is 0 Å². The van der Waals surface area contributed by atoms with Crippen LogP contribution in [0.3, 0.4) is 0 Å². The summed E-state index contributed by atoms with van der Waals surface area (Å²) in [5.41, 5.74) is 0.712. The molecule has 0 aliphatic heterocycles. The van der Waals surface area contributed by atoms with E-state index in [-0.39, 0.29) is 11.1 Å². The molecule has 0 aromatic carbocycles. The summed E-state index contributed by atoms with van der Waals surface area (Å²) < 4.78 is 0. The first-order valence-electron chi connectivity index (χ1n) is 6.78. The third-order valence-corrected chi connectivity index (χ3v) is 6.03. The molecule has 2 fully saturated rings. The highest BCUT2D eigenvalue weighted by atomic mass is 32.1. The number of nitrogens with one attached hydrogen (secondary N) is 1. The Labute approximate surface area is 117 Å². The SMILES string of the molecule is CC12CCC(C1)C(C)(C)C2Nc1nc(C(=O)O)cs1. The number of anilines is 1. The van der Waals surface area contributed by atoms with Crippen molar-refractivity contribution >= 4 is 22.4 Å². The summed E-state index contributed by atoms with van der Waals surface area (Å²) >= 11 is 1.39. The van der Waals surface area contributed by atoms with Crippen LogP contribution in [-0.4, -0.2) is 22.1 Å². The van der Waals surface area contributed by atoms with E-state index >= 15 is 0 Å². The molecule has 2 aliphatic rings. The van der Waals surface area contributed by atoms with Crippen molar-refractivity contribution in [2.75, 3.05) is 5.32 Å². The first-order valence-corrected chi connectivity index (χ1v) is 7.66. The molecule has 104 valence electrons. The van der Waals surface area contributed by atoms with Crippen molar-refractivity contribution in [1.82, 2.24) is 4.98 Å². The third kappa shape index (κ3) is 1.86. The molecule has 3 unspecified atom stereocenters. The molecule has 3 atom stereocenters. The molecule has 2 N–H and O–H groups in total. The molecule has 0 saturated heterocycles. The number of carboxylic acids is 1. The molecule has 1 aromatic heterocycles. The normalized spacial score (nSPS) is 35.5. The van der Waals surface area contributed by atoms with Gasteiger partial charge in [0.25, 0.3) is 0 Å². The monoisotopic (exact) mass is 280 g/mol. The minimum Gasteiger partial charge on any atom is -0.476 e. The number of fused-ring (bicyclic) bond motifs is 2. The van der Waals surface area contributed by atoms with E-state index in [2.05, 4.69) is 31.1 Å². The summed E-state index contributed by atoms with van der Waals surface area (Å²) in [6.45, 7) is 7.00. The highest BCUT2D eigenvalue weighted by Crippen LogP contribution is 2.63. The van der Waals surface area contributed by atoms with E-state index in [0.29, 0.717) is 11.5 Å². The molecule has 0 radical (unpaired) electrons. The van der Waals surface area contributed by atoms with Crippen molar-refractivity contribution in [1.29, 1.82) is 0 Å². The molecular weight excluding hydrogens is 260 g/mol. The average Bonchev–Trinajstić information content (AvgIpc) is 2.95. The first kappa shape index (κ1) is 12.9. The summed E-state index contributed by atoms with van der Waals surface area (Å²) in [6.07, 6.45) is 3.85. The van der Waals surface area contributed by atoms with Crippen LogP contribution >= 0.6 is 11.3 Å². The van der Waals surface area contributed by atoms with Gasteiger partial charge in [-0.25, -0.2) is 9.78 Å². The van der Waals surface area contributed by atoms with Crippen LogP contribution in [-0.2, 0) is 0 Å². The van der Waals surface area contributed by atoms with E-state index in [1.165, 1.54) is 30.6 Å². The van der Waals surface area contributed by atoms with Gasteiger partial charge in [-0.05, 0) is 36.0 Å². The van der Waals surface area contributed by atoms with Crippen LogP contribution in [0.4, 0.5) is 5.13 Å². The molecule has 5 heteroatoms. The van der Waals surface area contributed by atoms with E-state index in [1.54, 1.807) is 5.38 Å². The van der Waals surface area contributed by atoms with Gasteiger partial charge in [0, 0.05) is 11.4 Å². The Morgan fingerprint density at radius 3 is 2.79 bits per heavy atom. The molecule has 1 aromatic rings. The molecule has 3 rings (SSSR count). The molecule has 1 heterocycles. The van der Waals surface area contributed by atoms with Crippen molar-refractivity contribution in [3.05, 3.63) is 11.1 Å². The van der Waals surface area contributed by atoms with E-state index in [4.69, 9.17) is 5.11 Å². The fourth-order valence-electron chi connectivity index (χ4n) is 4.22. The second-order valence-corrected chi connectivity index (χ2v) is 7.69. The van der Waals surface area contributed by atoms with Crippen molar-refractivity contribution in [2.24, 2.45) is 16.7 Å². The zero-order chi connectivity index (χ0) is 13.8. The Kier molecular flexibility index (Phi) is 2.68. The van der Waals surface area contributed by atoms with Gasteiger partial charge in [-0.2, -0.15) is 0 Å². The van der Waals surface area contributed by atoms with Crippen LogP contribution in [0.5, 0.6) is 0 Å². The highest BCUT2D eigenvalue weighted by molar-refractivity contribution is 7.13. The number of rotatable bonds is 3. The summed E-state index contributed by atoms with van der Waals surface area (Å²) in [4.78, 5) is 15.0. The molecule has 2 bridgehead atoms. The highest BCUT2D eigenvalue weighted by Gasteiger charge is 2.59. The maximum absolute atomic E-state index is 10.9. The number of carboxylic acid groups (broad SMARTS) is 1. The number of hydrogen-bond donors (Lipinski definition) is 2. The van der Waals surface area contributed by atoms with Gasteiger partial charge in [-0.1, -0.05) is 20.8 Å². The second kappa shape index (κ2) is 3.95. The third-order valence-electron chi connectivity index (χ3n) is 5.26. The number of aromatic nitrogens is 1. The van der Waals surface area contributed by atoms with Crippen LogP contribution in [0, 0.1) is 16.7 Å². The van der Waals surface area contributed by atoms with Crippen LogP contribution in [0.25, 0.3) is 0 Å². The quantitative estimate of drug-likeness (QED) is 0.890. The topological polar surface area (TPSA) is 62.2 Å². The van der Waals surface area contributed by atoms with Crippen molar-refractivity contribution < 1.29 is 9.90 Å². The Hall–Kier alpha value is -1.10. The second-order valence-electron chi connectivity index (χ2n) is 6.84. The molecule has 0 amide bonds. The fourth-order valence-corrected chi connectivity index (χ4v) is 4.94. The molecule has 2 aliphatic carbocycles. The van der Waals surface area contributed by atoms with Crippen molar-refractivity contribution in [2.45, 2.75) is 46.1 Å².